The van der Waals surface area contributed by atoms with Crippen molar-refractivity contribution in [1.29, 1.82) is 0 Å². The minimum absolute atomic E-state index is 0.697. The van der Waals surface area contributed by atoms with Gasteiger partial charge in [0, 0.05) is 37.3 Å². The number of hydrogen-bond acceptors (Lipinski definition) is 4. The van der Waals surface area contributed by atoms with Gasteiger partial charge in [-0.25, -0.2) is 0 Å². The quantitative estimate of drug-likeness (QED) is 0.807. The lowest BCUT2D eigenvalue weighted by Crippen LogP contribution is -2.42. The minimum atomic E-state index is 0.697. The molecule has 2 aromatic rings. The van der Waals surface area contributed by atoms with E-state index >= 15 is 0 Å². The Balaban J connectivity index is 1.46. The molecule has 2 heterocycles. The second-order valence-electron chi connectivity index (χ2n) is 6.97. The maximum Gasteiger partial charge on any atom is 0.170 e. The molecule has 0 amide bonds. The van der Waals surface area contributed by atoms with Gasteiger partial charge >= 0.3 is 0 Å². The number of benzene rings is 1. The van der Waals surface area contributed by atoms with Crippen molar-refractivity contribution in [3.63, 3.8) is 0 Å². The van der Waals surface area contributed by atoms with Crippen LogP contribution in [0.4, 0.5) is 5.69 Å². The van der Waals surface area contributed by atoms with E-state index in [9.17, 15) is 0 Å². The number of rotatable bonds is 4. The van der Waals surface area contributed by atoms with Gasteiger partial charge in [0.05, 0.1) is 24.4 Å². The predicted molar refractivity (Wildman–Crippen MR) is 110 cm³/mol. The number of fused-ring (bicyclic) bond motifs is 2. The van der Waals surface area contributed by atoms with E-state index in [2.05, 4.69) is 33.7 Å². The van der Waals surface area contributed by atoms with E-state index in [1.54, 1.807) is 0 Å². The van der Waals surface area contributed by atoms with Gasteiger partial charge in [-0.3, -0.25) is 9.88 Å². The number of aromatic nitrogens is 1. The number of para-hydroxylation sites is 1. The van der Waals surface area contributed by atoms with E-state index in [1.165, 1.54) is 24.1 Å². The standard InChI is InChI=1S/C20H26N4OS/c26-20(21-9-10-24-11-13-25-14-12-24)23-19-15-5-1-3-7-17(15)22-18-8-4-2-6-16(18)19/h1,3,5,7H,2,4,6,8-14H2,(H2,21,22,23,26). The van der Waals surface area contributed by atoms with E-state index in [4.69, 9.17) is 21.9 Å². The molecule has 1 aliphatic heterocycles. The summed E-state index contributed by atoms with van der Waals surface area (Å²) in [5.41, 5.74) is 4.77. The molecule has 1 saturated heterocycles. The summed E-state index contributed by atoms with van der Waals surface area (Å²) in [7, 11) is 0. The fraction of sp³-hybridized carbons (Fsp3) is 0.500. The van der Waals surface area contributed by atoms with Gasteiger partial charge in [0.1, 0.15) is 0 Å². The van der Waals surface area contributed by atoms with Crippen LogP contribution in [0.15, 0.2) is 24.3 Å². The fourth-order valence-corrected chi connectivity index (χ4v) is 4.03. The van der Waals surface area contributed by atoms with Crippen LogP contribution in [-0.2, 0) is 17.6 Å². The van der Waals surface area contributed by atoms with Gasteiger partial charge < -0.3 is 15.4 Å². The molecule has 2 N–H and O–H groups in total. The van der Waals surface area contributed by atoms with Crippen molar-refractivity contribution in [3.05, 3.63) is 35.5 Å². The number of anilines is 1. The van der Waals surface area contributed by atoms with Crippen molar-refractivity contribution >= 4 is 33.9 Å². The molecule has 1 aliphatic carbocycles. The molecule has 2 aliphatic rings. The Kier molecular flexibility index (Phi) is 5.62. The van der Waals surface area contributed by atoms with E-state index in [-0.39, 0.29) is 0 Å². The number of morpholine rings is 1. The Bertz CT molecular complexity index is 789. The summed E-state index contributed by atoms with van der Waals surface area (Å²) >= 11 is 5.59. The smallest absolute Gasteiger partial charge is 0.170 e. The van der Waals surface area contributed by atoms with Crippen LogP contribution in [0, 0.1) is 0 Å². The van der Waals surface area contributed by atoms with Crippen LogP contribution in [0.1, 0.15) is 24.1 Å². The molecule has 0 atom stereocenters. The molecule has 0 spiro atoms. The Morgan fingerprint density at radius 2 is 1.96 bits per heavy atom. The average molecular weight is 371 g/mol. The van der Waals surface area contributed by atoms with Crippen LogP contribution in [0.3, 0.4) is 0 Å². The lowest BCUT2D eigenvalue weighted by Gasteiger charge is -2.27. The van der Waals surface area contributed by atoms with Gasteiger partial charge in [-0.2, -0.15) is 0 Å². The summed E-state index contributed by atoms with van der Waals surface area (Å²) in [5.74, 6) is 0. The topological polar surface area (TPSA) is 49.4 Å². The number of ether oxygens (including phenoxy) is 1. The molecule has 0 unspecified atom stereocenters. The highest BCUT2D eigenvalue weighted by Crippen LogP contribution is 2.33. The highest BCUT2D eigenvalue weighted by Gasteiger charge is 2.18. The van der Waals surface area contributed by atoms with E-state index in [0.29, 0.717) is 5.11 Å². The highest BCUT2D eigenvalue weighted by atomic mass is 32.1. The Labute approximate surface area is 160 Å². The number of aryl methyl sites for hydroxylation is 1. The van der Waals surface area contributed by atoms with Gasteiger partial charge in [-0.15, -0.1) is 0 Å². The first kappa shape index (κ1) is 17.6. The maximum atomic E-state index is 5.59. The monoisotopic (exact) mass is 370 g/mol. The molecule has 6 heteroatoms. The van der Waals surface area contributed by atoms with Crippen molar-refractivity contribution in [3.8, 4) is 0 Å². The summed E-state index contributed by atoms with van der Waals surface area (Å²) in [6, 6.07) is 8.34. The first-order chi connectivity index (χ1) is 12.8. The van der Waals surface area contributed by atoms with Crippen LogP contribution in [0.2, 0.25) is 0 Å². The second-order valence-corrected chi connectivity index (χ2v) is 7.38. The van der Waals surface area contributed by atoms with Crippen LogP contribution in [0.25, 0.3) is 10.9 Å². The number of pyridine rings is 1. The molecule has 0 radical (unpaired) electrons. The molecule has 1 aromatic carbocycles. The Hall–Kier alpha value is -1.76. The number of hydrogen-bond donors (Lipinski definition) is 2. The molecule has 26 heavy (non-hydrogen) atoms. The molecule has 0 saturated carbocycles. The normalized spacial score (nSPS) is 17.7. The van der Waals surface area contributed by atoms with Gasteiger partial charge in [0.15, 0.2) is 5.11 Å². The van der Waals surface area contributed by atoms with Crippen LogP contribution >= 0.6 is 12.2 Å². The number of thiocarbonyl (C=S) groups is 1. The number of nitrogens with one attached hydrogen (secondary N) is 2. The molecule has 5 nitrogen and oxygen atoms in total. The minimum Gasteiger partial charge on any atom is -0.379 e. The zero-order chi connectivity index (χ0) is 17.8. The molecular formula is C20H26N4OS. The van der Waals surface area contributed by atoms with Crippen molar-refractivity contribution < 1.29 is 4.74 Å². The van der Waals surface area contributed by atoms with Crippen LogP contribution in [0.5, 0.6) is 0 Å². The summed E-state index contributed by atoms with van der Waals surface area (Å²) in [4.78, 5) is 7.29. The Morgan fingerprint density at radius 1 is 1.15 bits per heavy atom. The van der Waals surface area contributed by atoms with Crippen molar-refractivity contribution in [2.45, 2.75) is 25.7 Å². The van der Waals surface area contributed by atoms with Crippen molar-refractivity contribution in [1.82, 2.24) is 15.2 Å². The lowest BCUT2D eigenvalue weighted by molar-refractivity contribution is 0.0389. The van der Waals surface area contributed by atoms with Gasteiger partial charge in [0.2, 0.25) is 0 Å². The van der Waals surface area contributed by atoms with Crippen LogP contribution < -0.4 is 10.6 Å². The third-order valence-electron chi connectivity index (χ3n) is 5.23. The summed E-state index contributed by atoms with van der Waals surface area (Å²) in [5, 5.41) is 8.71. The first-order valence-electron chi connectivity index (χ1n) is 9.57. The fourth-order valence-electron chi connectivity index (χ4n) is 3.83. The average Bonchev–Trinajstić information content (AvgIpc) is 2.68. The third-order valence-corrected chi connectivity index (χ3v) is 5.47. The lowest BCUT2D eigenvalue weighted by atomic mass is 9.93. The van der Waals surface area contributed by atoms with Crippen molar-refractivity contribution in [2.75, 3.05) is 44.7 Å². The van der Waals surface area contributed by atoms with E-state index in [1.807, 2.05) is 6.07 Å². The largest absolute Gasteiger partial charge is 0.379 e. The molecule has 0 bridgehead atoms. The molecule has 138 valence electrons. The van der Waals surface area contributed by atoms with Gasteiger partial charge in [0.25, 0.3) is 0 Å². The summed E-state index contributed by atoms with van der Waals surface area (Å²) in [6.45, 7) is 5.50. The van der Waals surface area contributed by atoms with Gasteiger partial charge in [-0.05, 0) is 49.5 Å². The van der Waals surface area contributed by atoms with E-state index < -0.39 is 0 Å². The van der Waals surface area contributed by atoms with Crippen LogP contribution in [-0.4, -0.2) is 54.4 Å². The molecule has 4 rings (SSSR count). The predicted octanol–water partition coefficient (Wildman–Crippen LogP) is 2.73. The zero-order valence-electron chi connectivity index (χ0n) is 15.1. The number of nitrogens with zero attached hydrogens (tertiary/aromatic N) is 2. The maximum absolute atomic E-state index is 5.59. The molecular weight excluding hydrogens is 344 g/mol. The molecule has 1 aromatic heterocycles. The molecule has 1 fully saturated rings. The zero-order valence-corrected chi connectivity index (χ0v) is 15.9. The first-order valence-corrected chi connectivity index (χ1v) is 9.97. The Morgan fingerprint density at radius 3 is 2.85 bits per heavy atom. The SMILES string of the molecule is S=C(NCCN1CCOCC1)Nc1c2c(nc3ccccc13)CCCC2. The summed E-state index contributed by atoms with van der Waals surface area (Å²) < 4.78 is 5.39. The third kappa shape index (κ3) is 3.98. The highest BCUT2D eigenvalue weighted by molar-refractivity contribution is 7.80. The van der Waals surface area contributed by atoms with Gasteiger partial charge in [-0.1, -0.05) is 18.2 Å². The second kappa shape index (κ2) is 8.29. The summed E-state index contributed by atoms with van der Waals surface area (Å²) in [6.07, 6.45) is 4.58. The van der Waals surface area contributed by atoms with E-state index in [0.717, 1.165) is 68.8 Å². The van der Waals surface area contributed by atoms with Crippen molar-refractivity contribution in [2.24, 2.45) is 0 Å².